The second kappa shape index (κ2) is 11.7. The second-order valence-electron chi connectivity index (χ2n) is 10.7. The predicted molar refractivity (Wildman–Crippen MR) is 130 cm³/mol. The number of nitrogens with zero attached hydrogens (tertiary/aromatic N) is 2. The molecule has 0 spiro atoms. The molecule has 0 bridgehead atoms. The Balaban J connectivity index is 1.43. The van der Waals surface area contributed by atoms with Crippen LogP contribution in [0.1, 0.15) is 71.3 Å². The van der Waals surface area contributed by atoms with Crippen molar-refractivity contribution in [2.24, 2.45) is 11.8 Å². The third-order valence-corrected chi connectivity index (χ3v) is 7.13. The van der Waals surface area contributed by atoms with Crippen LogP contribution in [0.25, 0.3) is 0 Å². The maximum absolute atomic E-state index is 12.5. The number of likely N-dealkylation sites (tertiary alicyclic amines) is 1. The number of amides is 1. The molecule has 1 saturated heterocycles. The molecule has 2 fully saturated rings. The van der Waals surface area contributed by atoms with Gasteiger partial charge in [-0.3, -0.25) is 9.17 Å². The van der Waals surface area contributed by atoms with Gasteiger partial charge in [-0.25, -0.2) is 4.79 Å². The number of hydrogen-bond acceptors (Lipinski definition) is 7. The average Bonchev–Trinajstić information content (AvgIpc) is 3.21. The summed E-state index contributed by atoms with van der Waals surface area (Å²) in [5.74, 6) is 1.87. The van der Waals surface area contributed by atoms with Gasteiger partial charge in [0.25, 0.3) is 10.1 Å². The molecule has 1 aromatic heterocycles. The Bertz CT molecular complexity index is 906. The summed E-state index contributed by atoms with van der Waals surface area (Å²) >= 11 is 0. The average molecular weight is 497 g/mol. The lowest BCUT2D eigenvalue weighted by atomic mass is 9.78. The Morgan fingerprint density at radius 2 is 1.82 bits per heavy atom. The molecule has 34 heavy (non-hydrogen) atoms. The third kappa shape index (κ3) is 9.06. The van der Waals surface area contributed by atoms with Gasteiger partial charge in [0.05, 0.1) is 25.1 Å². The fourth-order valence-corrected chi connectivity index (χ4v) is 5.24. The fourth-order valence-electron chi connectivity index (χ4n) is 4.84. The summed E-state index contributed by atoms with van der Waals surface area (Å²) in [6, 6.07) is 2.08. The molecule has 1 atom stereocenters. The minimum absolute atomic E-state index is 0.0143. The number of carbonyl (C=O) groups is 1. The Morgan fingerprint density at radius 1 is 1.12 bits per heavy atom. The summed E-state index contributed by atoms with van der Waals surface area (Å²) < 4.78 is 38.7. The van der Waals surface area contributed by atoms with E-state index in [2.05, 4.69) is 11.1 Å². The van der Waals surface area contributed by atoms with Crippen LogP contribution in [0.15, 0.2) is 18.5 Å². The lowest BCUT2D eigenvalue weighted by Gasteiger charge is -2.29. The number of carbonyl (C=O) groups excluding carboxylic acids is 1. The number of pyridine rings is 1. The summed E-state index contributed by atoms with van der Waals surface area (Å²) in [7, 11) is -3.35. The van der Waals surface area contributed by atoms with Gasteiger partial charge in [0, 0.05) is 12.7 Å². The van der Waals surface area contributed by atoms with Crippen molar-refractivity contribution in [3.63, 3.8) is 0 Å². The van der Waals surface area contributed by atoms with Crippen LogP contribution in [0.4, 0.5) is 4.79 Å². The van der Waals surface area contributed by atoms with E-state index in [1.807, 2.05) is 27.0 Å². The van der Waals surface area contributed by atoms with Gasteiger partial charge < -0.3 is 14.4 Å². The Morgan fingerprint density at radius 3 is 2.50 bits per heavy atom. The van der Waals surface area contributed by atoms with Gasteiger partial charge in [-0.15, -0.1) is 0 Å². The number of ether oxygens (including phenoxy) is 2. The zero-order valence-corrected chi connectivity index (χ0v) is 21.8. The highest BCUT2D eigenvalue weighted by molar-refractivity contribution is 7.85. The van der Waals surface area contributed by atoms with Crippen molar-refractivity contribution in [3.05, 3.63) is 24.0 Å². The molecule has 2 aliphatic rings. The molecular weight excluding hydrogens is 456 g/mol. The zero-order valence-electron chi connectivity index (χ0n) is 21.0. The van der Waals surface area contributed by atoms with Crippen molar-refractivity contribution in [1.82, 2.24) is 9.88 Å². The molecule has 3 rings (SSSR count). The summed E-state index contributed by atoms with van der Waals surface area (Å²) in [5, 5.41) is 0. The standard InChI is InChI=1S/C25H40N2O6S/c1-25(2,3)33-24(28)27-12-5-6-22(27)18-31-23-15-21(16-26-17-23)14-20-9-7-19(8-10-20)11-13-32-34(4,29)30/h15-17,19-20,22H,5-14,18H2,1-4H3/t19-,20-,22-/m0/s1. The highest BCUT2D eigenvalue weighted by Gasteiger charge is 2.32. The van der Waals surface area contributed by atoms with Crippen LogP contribution in [0.2, 0.25) is 0 Å². The Kier molecular flexibility index (Phi) is 9.20. The largest absolute Gasteiger partial charge is 0.490 e. The number of hydrogen-bond donors (Lipinski definition) is 0. The van der Waals surface area contributed by atoms with Crippen LogP contribution >= 0.6 is 0 Å². The minimum Gasteiger partial charge on any atom is -0.490 e. The topological polar surface area (TPSA) is 95.0 Å². The van der Waals surface area contributed by atoms with Gasteiger partial charge in [-0.05, 0) is 82.8 Å². The molecule has 8 nitrogen and oxygen atoms in total. The van der Waals surface area contributed by atoms with E-state index in [1.165, 1.54) is 0 Å². The lowest BCUT2D eigenvalue weighted by Crippen LogP contribution is -2.42. The van der Waals surface area contributed by atoms with E-state index < -0.39 is 15.7 Å². The molecule has 0 unspecified atom stereocenters. The first-order valence-electron chi connectivity index (χ1n) is 12.4. The molecule has 0 aromatic carbocycles. The van der Waals surface area contributed by atoms with Gasteiger partial charge in [0.1, 0.15) is 18.0 Å². The van der Waals surface area contributed by atoms with Crippen LogP contribution in [-0.4, -0.2) is 62.1 Å². The molecule has 1 aliphatic carbocycles. The summed E-state index contributed by atoms with van der Waals surface area (Å²) in [6.45, 7) is 7.05. The SMILES string of the molecule is CC(C)(C)OC(=O)N1CCC[C@H]1COc1cncc(C[C@H]2CC[C@H](CCOS(C)(=O)=O)CC2)c1. The van der Waals surface area contributed by atoms with Gasteiger partial charge >= 0.3 is 6.09 Å². The van der Waals surface area contributed by atoms with E-state index in [-0.39, 0.29) is 18.7 Å². The minimum atomic E-state index is -3.35. The Hall–Kier alpha value is -1.87. The molecule has 2 heterocycles. The van der Waals surface area contributed by atoms with Gasteiger partial charge in [-0.2, -0.15) is 8.42 Å². The molecule has 0 N–H and O–H groups in total. The molecule has 1 amide bonds. The number of rotatable bonds is 9. The van der Waals surface area contributed by atoms with Gasteiger partial charge in [0.2, 0.25) is 0 Å². The van der Waals surface area contributed by atoms with Crippen molar-refractivity contribution in [3.8, 4) is 5.75 Å². The second-order valence-corrected chi connectivity index (χ2v) is 12.4. The first-order chi connectivity index (χ1) is 16.0. The van der Waals surface area contributed by atoms with E-state index in [4.69, 9.17) is 13.7 Å². The van der Waals surface area contributed by atoms with Crippen LogP contribution in [-0.2, 0) is 25.5 Å². The van der Waals surface area contributed by atoms with Crippen molar-refractivity contribution in [2.75, 3.05) is 26.0 Å². The maximum atomic E-state index is 12.5. The summed E-state index contributed by atoms with van der Waals surface area (Å²) in [4.78, 5) is 18.6. The van der Waals surface area contributed by atoms with Gasteiger partial charge in [-0.1, -0.05) is 12.8 Å². The van der Waals surface area contributed by atoms with Crippen LogP contribution < -0.4 is 4.74 Å². The normalized spacial score (nSPS) is 23.6. The van der Waals surface area contributed by atoms with E-state index >= 15 is 0 Å². The van der Waals surface area contributed by atoms with Crippen molar-refractivity contribution in [2.45, 2.75) is 83.8 Å². The van der Waals surface area contributed by atoms with Crippen LogP contribution in [0, 0.1) is 11.8 Å². The molecule has 1 aromatic rings. The molecule has 0 radical (unpaired) electrons. The Labute approximate surface area is 204 Å². The molecule has 9 heteroatoms. The van der Waals surface area contributed by atoms with E-state index in [1.54, 1.807) is 11.1 Å². The van der Waals surface area contributed by atoms with Gasteiger partial charge in [0.15, 0.2) is 0 Å². The smallest absolute Gasteiger partial charge is 0.410 e. The monoisotopic (exact) mass is 496 g/mol. The summed E-state index contributed by atoms with van der Waals surface area (Å²) in [5.41, 5.74) is 0.656. The van der Waals surface area contributed by atoms with E-state index in [0.29, 0.717) is 25.0 Å². The highest BCUT2D eigenvalue weighted by atomic mass is 32.2. The first-order valence-corrected chi connectivity index (χ1v) is 14.2. The van der Waals surface area contributed by atoms with E-state index in [9.17, 15) is 13.2 Å². The predicted octanol–water partition coefficient (Wildman–Crippen LogP) is 4.58. The third-order valence-electron chi connectivity index (χ3n) is 6.53. The lowest BCUT2D eigenvalue weighted by molar-refractivity contribution is 0.0187. The van der Waals surface area contributed by atoms with Crippen LogP contribution in [0.3, 0.4) is 0 Å². The highest BCUT2D eigenvalue weighted by Crippen LogP contribution is 2.33. The molecule has 192 valence electrons. The quantitative estimate of drug-likeness (QED) is 0.462. The van der Waals surface area contributed by atoms with E-state index in [0.717, 1.165) is 68.9 Å². The number of aromatic nitrogens is 1. The maximum Gasteiger partial charge on any atom is 0.410 e. The molecule has 1 saturated carbocycles. The van der Waals surface area contributed by atoms with Crippen LogP contribution in [0.5, 0.6) is 5.75 Å². The van der Waals surface area contributed by atoms with Crippen molar-refractivity contribution >= 4 is 16.2 Å². The summed E-state index contributed by atoms with van der Waals surface area (Å²) in [6.07, 6.45) is 12.5. The fraction of sp³-hybridized carbons (Fsp3) is 0.760. The van der Waals surface area contributed by atoms with Crippen molar-refractivity contribution < 1.29 is 26.9 Å². The molecule has 1 aliphatic heterocycles. The van der Waals surface area contributed by atoms with Crippen molar-refractivity contribution in [1.29, 1.82) is 0 Å². The first kappa shape index (κ1) is 26.7. The molecular formula is C25H40N2O6S. The zero-order chi connectivity index (χ0) is 24.8.